The lowest BCUT2D eigenvalue weighted by atomic mass is 10.0. The lowest BCUT2D eigenvalue weighted by Gasteiger charge is -2.24. The van der Waals surface area contributed by atoms with Crippen molar-refractivity contribution in [2.24, 2.45) is 4.99 Å². The second kappa shape index (κ2) is 10.0. The molecule has 5 nitrogen and oxygen atoms in total. The molecule has 4 aromatic rings. The molecule has 0 bridgehead atoms. The van der Waals surface area contributed by atoms with E-state index in [1.54, 1.807) is 0 Å². The second-order valence-corrected chi connectivity index (χ2v) is 8.36. The van der Waals surface area contributed by atoms with E-state index in [0.717, 1.165) is 35.1 Å². The maximum Gasteiger partial charge on any atom is 0.203 e. The van der Waals surface area contributed by atoms with Crippen LogP contribution in [0.2, 0.25) is 0 Å². The van der Waals surface area contributed by atoms with Gasteiger partial charge in [-0.2, -0.15) is 0 Å². The normalized spacial score (nSPS) is 13.1. The summed E-state index contributed by atoms with van der Waals surface area (Å²) in [6.45, 7) is 5.14. The van der Waals surface area contributed by atoms with Gasteiger partial charge in [0.05, 0.1) is 22.5 Å². The van der Waals surface area contributed by atoms with Gasteiger partial charge < -0.3 is 10.2 Å². The second-order valence-electron chi connectivity index (χ2n) is 8.36. The molecule has 33 heavy (non-hydrogen) atoms. The van der Waals surface area contributed by atoms with Gasteiger partial charge in [-0.3, -0.25) is 9.47 Å². The van der Waals surface area contributed by atoms with Gasteiger partial charge >= 0.3 is 0 Å². The number of aliphatic hydroxyl groups is 1. The number of para-hydroxylation sites is 1. The van der Waals surface area contributed by atoms with Crippen molar-refractivity contribution in [3.63, 3.8) is 0 Å². The van der Waals surface area contributed by atoms with Crippen LogP contribution in [-0.2, 0) is 6.73 Å². The number of aliphatic hydroxyl groups excluding tert-OH is 1. The first-order chi connectivity index (χ1) is 16.0. The van der Waals surface area contributed by atoms with Crippen LogP contribution >= 0.6 is 0 Å². The molecular formula is C28H33N3O2. The van der Waals surface area contributed by atoms with E-state index in [1.807, 2.05) is 66.7 Å². The number of aromatic hydroxyl groups is 1. The van der Waals surface area contributed by atoms with Gasteiger partial charge in [-0.15, -0.1) is 0 Å². The average molecular weight is 444 g/mol. The first-order valence-corrected chi connectivity index (χ1v) is 11.4. The molecule has 0 amide bonds. The van der Waals surface area contributed by atoms with Gasteiger partial charge in [-0.25, -0.2) is 4.99 Å². The third-order valence-corrected chi connectivity index (χ3v) is 6.22. The molecular weight excluding hydrogens is 410 g/mol. The molecule has 0 aliphatic carbocycles. The molecule has 2 N–H and O–H groups in total. The van der Waals surface area contributed by atoms with Crippen LogP contribution in [-0.4, -0.2) is 39.0 Å². The number of nitrogens with zero attached hydrogens (tertiary/aromatic N) is 3. The van der Waals surface area contributed by atoms with Crippen molar-refractivity contribution in [2.75, 3.05) is 13.6 Å². The highest BCUT2D eigenvalue weighted by atomic mass is 16.3. The first-order valence-electron chi connectivity index (χ1n) is 11.4. The minimum Gasteiger partial charge on any atom is -0.494 e. The van der Waals surface area contributed by atoms with E-state index in [9.17, 15) is 10.2 Å². The first kappa shape index (κ1) is 22.8. The minimum absolute atomic E-state index is 0. The van der Waals surface area contributed by atoms with Crippen molar-refractivity contribution in [3.05, 3.63) is 95.6 Å². The highest BCUT2D eigenvalue weighted by Gasteiger charge is 2.22. The topological polar surface area (TPSA) is 61.0 Å². The van der Waals surface area contributed by atoms with Crippen molar-refractivity contribution in [2.45, 2.75) is 33.0 Å². The molecule has 0 saturated carbocycles. The quantitative estimate of drug-likeness (QED) is 0.323. The van der Waals surface area contributed by atoms with Gasteiger partial charge in [0.15, 0.2) is 0 Å². The number of benzene rings is 3. The zero-order valence-corrected chi connectivity index (χ0v) is 19.4. The van der Waals surface area contributed by atoms with E-state index in [4.69, 9.17) is 4.99 Å². The summed E-state index contributed by atoms with van der Waals surface area (Å²) in [5.74, 6) is 0.00716. The third-order valence-electron chi connectivity index (χ3n) is 6.22. The monoisotopic (exact) mass is 443 g/mol. The minimum atomic E-state index is -0.313. The maximum absolute atomic E-state index is 11.1. The standard InChI is InChI=1S/C28H31N3O2.H2/c1-4-18-30(3)20(2)21-14-16-23(17-15-21)29-27(22-10-6-5-7-11-22)26-24-12-8-9-13-25(24)31(19-32)28(26)33;/h5-17,20,32-33H,4,18-19H2,1-3H3;1H/t20-;/m0./s1. The predicted molar refractivity (Wildman–Crippen MR) is 137 cm³/mol. The third kappa shape index (κ3) is 4.56. The molecule has 0 aliphatic heterocycles. The Balaban J connectivity index is 0.00000324. The number of hydrogen-bond donors (Lipinski definition) is 2. The van der Waals surface area contributed by atoms with Crippen LogP contribution in [0.1, 0.15) is 44.4 Å². The number of hydrogen-bond acceptors (Lipinski definition) is 4. The fourth-order valence-electron chi connectivity index (χ4n) is 4.28. The zero-order valence-electron chi connectivity index (χ0n) is 19.4. The van der Waals surface area contributed by atoms with Crippen LogP contribution in [0, 0.1) is 0 Å². The molecule has 0 saturated heterocycles. The number of aromatic nitrogens is 1. The molecule has 0 unspecified atom stereocenters. The molecule has 1 heterocycles. The van der Waals surface area contributed by atoms with Crippen LogP contribution in [0.25, 0.3) is 10.9 Å². The Bertz CT molecular complexity index is 1250. The molecule has 5 heteroatoms. The van der Waals surface area contributed by atoms with E-state index >= 15 is 0 Å². The zero-order chi connectivity index (χ0) is 23.4. The average Bonchev–Trinajstić information content (AvgIpc) is 3.14. The molecule has 3 aromatic carbocycles. The number of aliphatic imine (C=N–C) groups is 1. The number of rotatable bonds is 8. The summed E-state index contributed by atoms with van der Waals surface area (Å²) in [5.41, 5.74) is 4.99. The van der Waals surface area contributed by atoms with Crippen molar-refractivity contribution in [1.29, 1.82) is 0 Å². The predicted octanol–water partition coefficient (Wildman–Crippen LogP) is 6.11. The van der Waals surface area contributed by atoms with Gasteiger partial charge in [0.25, 0.3) is 0 Å². The Morgan fingerprint density at radius 1 is 1.00 bits per heavy atom. The van der Waals surface area contributed by atoms with E-state index in [-0.39, 0.29) is 14.0 Å². The Morgan fingerprint density at radius 3 is 2.33 bits per heavy atom. The summed E-state index contributed by atoms with van der Waals surface area (Å²) in [7, 11) is 2.15. The van der Waals surface area contributed by atoms with Crippen LogP contribution in [0.3, 0.4) is 0 Å². The largest absolute Gasteiger partial charge is 0.494 e. The van der Waals surface area contributed by atoms with Crippen molar-refractivity contribution in [1.82, 2.24) is 9.47 Å². The fraction of sp³-hybridized carbons (Fsp3) is 0.250. The maximum atomic E-state index is 11.1. The molecule has 1 atom stereocenters. The summed E-state index contributed by atoms with van der Waals surface area (Å²) < 4.78 is 1.50. The lowest BCUT2D eigenvalue weighted by molar-refractivity contribution is 0.201. The molecule has 0 spiro atoms. The highest BCUT2D eigenvalue weighted by Crippen LogP contribution is 2.34. The van der Waals surface area contributed by atoms with E-state index in [1.165, 1.54) is 10.1 Å². The Morgan fingerprint density at radius 2 is 1.67 bits per heavy atom. The molecule has 0 radical (unpaired) electrons. The smallest absolute Gasteiger partial charge is 0.203 e. The van der Waals surface area contributed by atoms with Crippen LogP contribution in [0.15, 0.2) is 83.9 Å². The van der Waals surface area contributed by atoms with Crippen molar-refractivity contribution < 1.29 is 11.6 Å². The van der Waals surface area contributed by atoms with Gasteiger partial charge in [0, 0.05) is 18.4 Å². The molecule has 4 rings (SSSR count). The van der Waals surface area contributed by atoms with E-state index in [0.29, 0.717) is 17.3 Å². The molecule has 0 fully saturated rings. The van der Waals surface area contributed by atoms with E-state index < -0.39 is 0 Å². The van der Waals surface area contributed by atoms with Gasteiger partial charge in [0.2, 0.25) is 5.88 Å². The van der Waals surface area contributed by atoms with Crippen LogP contribution < -0.4 is 0 Å². The Hall–Kier alpha value is -3.41. The van der Waals surface area contributed by atoms with Crippen LogP contribution in [0.4, 0.5) is 5.69 Å². The molecule has 0 aliphatic rings. The fourth-order valence-corrected chi connectivity index (χ4v) is 4.28. The summed E-state index contributed by atoms with van der Waals surface area (Å²) in [6.07, 6.45) is 1.12. The Kier molecular flexibility index (Phi) is 6.92. The summed E-state index contributed by atoms with van der Waals surface area (Å²) in [5, 5.41) is 21.8. The lowest BCUT2D eigenvalue weighted by Crippen LogP contribution is -2.22. The highest BCUT2D eigenvalue weighted by molar-refractivity contribution is 6.22. The van der Waals surface area contributed by atoms with Gasteiger partial charge in [-0.05, 0) is 50.7 Å². The molecule has 1 aromatic heterocycles. The molecule has 172 valence electrons. The number of fused-ring (bicyclic) bond motifs is 1. The summed E-state index contributed by atoms with van der Waals surface area (Å²) >= 11 is 0. The van der Waals surface area contributed by atoms with Gasteiger partial charge in [0.1, 0.15) is 6.73 Å². The van der Waals surface area contributed by atoms with Crippen molar-refractivity contribution in [3.8, 4) is 5.88 Å². The van der Waals surface area contributed by atoms with Gasteiger partial charge in [-0.1, -0.05) is 67.6 Å². The van der Waals surface area contributed by atoms with Crippen molar-refractivity contribution >= 4 is 22.3 Å². The summed E-state index contributed by atoms with van der Waals surface area (Å²) in [6, 6.07) is 26.1. The van der Waals surface area contributed by atoms with E-state index in [2.05, 4.69) is 37.9 Å². The Labute approximate surface area is 196 Å². The van der Waals surface area contributed by atoms with Crippen LogP contribution in [0.5, 0.6) is 5.88 Å². The summed E-state index contributed by atoms with van der Waals surface area (Å²) in [4.78, 5) is 7.33. The SMILES string of the molecule is CCCN(C)[C@@H](C)c1ccc(N=C(c2ccccc2)c2c(O)n(CO)c3ccccc23)cc1.[HH].